The summed E-state index contributed by atoms with van der Waals surface area (Å²) in [5.41, 5.74) is -0.690. The molecule has 0 aromatic carbocycles. The van der Waals surface area contributed by atoms with Gasteiger partial charge in [0.15, 0.2) is 0 Å². The van der Waals surface area contributed by atoms with Crippen LogP contribution in [0.5, 0.6) is 0 Å². The maximum Gasteiger partial charge on any atom is 0.464 e. The Morgan fingerprint density at radius 3 is 2.06 bits per heavy atom. The maximum absolute atomic E-state index is 11.4. The summed E-state index contributed by atoms with van der Waals surface area (Å²) in [5.74, 6) is -0.159. The first kappa shape index (κ1) is 12.9. The van der Waals surface area contributed by atoms with E-state index in [2.05, 4.69) is 0 Å². The van der Waals surface area contributed by atoms with Crippen molar-refractivity contribution in [2.75, 3.05) is 6.61 Å². The average molecular weight is 240 g/mol. The molecule has 2 saturated heterocycles. The Hall–Kier alpha value is -0.545. The lowest BCUT2D eigenvalue weighted by Gasteiger charge is -2.33. The molecule has 2 fully saturated rings. The second-order valence-corrected chi connectivity index (χ2v) is 6.39. The van der Waals surface area contributed by atoms with Crippen LogP contribution in [-0.4, -0.2) is 30.9 Å². The Morgan fingerprint density at radius 1 is 1.06 bits per heavy atom. The fourth-order valence-corrected chi connectivity index (χ4v) is 2.20. The largest absolute Gasteiger partial charge is 0.466 e. The summed E-state index contributed by atoms with van der Waals surface area (Å²) in [6, 6.07) is 0. The van der Waals surface area contributed by atoms with Gasteiger partial charge in [-0.25, -0.2) is 0 Å². The molecule has 2 aliphatic heterocycles. The molecular formula is C12H21BO4. The molecule has 0 unspecified atom stereocenters. The monoisotopic (exact) mass is 240 g/mol. The number of cyclic esters (lactones) is 1. The molecule has 0 radical (unpaired) electrons. The van der Waals surface area contributed by atoms with E-state index in [1.165, 1.54) is 0 Å². The van der Waals surface area contributed by atoms with Gasteiger partial charge in [0.1, 0.15) is 0 Å². The van der Waals surface area contributed by atoms with Crippen LogP contribution in [0.1, 0.15) is 47.5 Å². The van der Waals surface area contributed by atoms with Crippen molar-refractivity contribution in [3.8, 4) is 0 Å². The van der Waals surface area contributed by atoms with Crippen LogP contribution in [0.2, 0.25) is 5.31 Å². The fourth-order valence-electron chi connectivity index (χ4n) is 2.20. The quantitative estimate of drug-likeness (QED) is 0.520. The SMILES string of the molecule is CC1(C)OB([C@@]2(C)CCOC(=O)C2)OC1(C)C. The first-order valence-corrected chi connectivity index (χ1v) is 6.18. The highest BCUT2D eigenvalue weighted by molar-refractivity contribution is 6.50. The molecule has 96 valence electrons. The molecule has 2 aliphatic rings. The van der Waals surface area contributed by atoms with Crippen LogP contribution in [0.3, 0.4) is 0 Å². The molecule has 0 aromatic rings. The number of hydrogen-bond acceptors (Lipinski definition) is 4. The summed E-state index contributed by atoms with van der Waals surface area (Å²) < 4.78 is 17.0. The molecule has 1 atom stereocenters. The van der Waals surface area contributed by atoms with E-state index in [9.17, 15) is 4.79 Å². The molecule has 4 nitrogen and oxygen atoms in total. The third-order valence-corrected chi connectivity index (χ3v) is 4.31. The minimum Gasteiger partial charge on any atom is -0.466 e. The smallest absolute Gasteiger partial charge is 0.464 e. The first-order valence-electron chi connectivity index (χ1n) is 6.18. The second kappa shape index (κ2) is 3.72. The van der Waals surface area contributed by atoms with Gasteiger partial charge < -0.3 is 14.0 Å². The van der Waals surface area contributed by atoms with Gasteiger partial charge in [-0.2, -0.15) is 0 Å². The van der Waals surface area contributed by atoms with Gasteiger partial charge in [-0.05, 0) is 34.1 Å². The van der Waals surface area contributed by atoms with E-state index in [0.717, 1.165) is 6.42 Å². The Morgan fingerprint density at radius 2 is 1.59 bits per heavy atom. The number of esters is 1. The predicted molar refractivity (Wildman–Crippen MR) is 64.6 cm³/mol. The van der Waals surface area contributed by atoms with Crippen LogP contribution in [0.25, 0.3) is 0 Å². The molecule has 0 saturated carbocycles. The van der Waals surface area contributed by atoms with E-state index in [4.69, 9.17) is 14.0 Å². The molecule has 0 spiro atoms. The van der Waals surface area contributed by atoms with Gasteiger partial charge in [0.25, 0.3) is 0 Å². The summed E-state index contributed by atoms with van der Waals surface area (Å²) in [6.07, 6.45) is 1.15. The van der Waals surface area contributed by atoms with Gasteiger partial charge in [-0.1, -0.05) is 6.92 Å². The number of hydrogen-bond donors (Lipinski definition) is 0. The Labute approximate surface area is 103 Å². The zero-order valence-electron chi connectivity index (χ0n) is 11.3. The van der Waals surface area contributed by atoms with Crippen LogP contribution in [0, 0.1) is 0 Å². The van der Waals surface area contributed by atoms with Crippen LogP contribution in [0.15, 0.2) is 0 Å². The van der Waals surface area contributed by atoms with Crippen LogP contribution in [-0.2, 0) is 18.8 Å². The Bertz CT molecular complexity index is 323. The van der Waals surface area contributed by atoms with Crippen molar-refractivity contribution >= 4 is 13.1 Å². The number of carbonyl (C=O) groups is 1. The molecule has 0 amide bonds. The van der Waals surface area contributed by atoms with Gasteiger partial charge in [-0.15, -0.1) is 0 Å². The molecule has 2 heterocycles. The third kappa shape index (κ3) is 2.11. The summed E-state index contributed by atoms with van der Waals surface area (Å²) in [4.78, 5) is 11.4. The van der Waals surface area contributed by atoms with Gasteiger partial charge in [0.05, 0.1) is 17.8 Å². The number of carbonyl (C=O) groups excluding carboxylic acids is 1. The second-order valence-electron chi connectivity index (χ2n) is 6.39. The van der Waals surface area contributed by atoms with Crippen molar-refractivity contribution in [3.63, 3.8) is 0 Å². The molecule has 0 bridgehead atoms. The number of rotatable bonds is 1. The van der Waals surface area contributed by atoms with Gasteiger partial charge in [0.2, 0.25) is 0 Å². The summed E-state index contributed by atoms with van der Waals surface area (Å²) in [7, 11) is -0.333. The van der Waals surface area contributed by atoms with Crippen molar-refractivity contribution < 1.29 is 18.8 Å². The first-order chi connectivity index (χ1) is 7.66. The van der Waals surface area contributed by atoms with Gasteiger partial charge in [0, 0.05) is 11.7 Å². The van der Waals surface area contributed by atoms with E-state index in [-0.39, 0.29) is 29.6 Å². The van der Waals surface area contributed by atoms with Gasteiger partial charge >= 0.3 is 13.1 Å². The van der Waals surface area contributed by atoms with Crippen molar-refractivity contribution in [3.05, 3.63) is 0 Å². The lowest BCUT2D eigenvalue weighted by Crippen LogP contribution is -2.41. The topological polar surface area (TPSA) is 44.8 Å². The molecular weight excluding hydrogens is 219 g/mol. The molecule has 0 N–H and O–H groups in total. The highest BCUT2D eigenvalue weighted by Crippen LogP contribution is 2.49. The van der Waals surface area contributed by atoms with Crippen molar-refractivity contribution in [1.82, 2.24) is 0 Å². The summed E-state index contributed by atoms with van der Waals surface area (Å²) in [6.45, 7) is 10.6. The normalized spacial score (nSPS) is 35.8. The van der Waals surface area contributed by atoms with E-state index in [1.807, 2.05) is 34.6 Å². The third-order valence-electron chi connectivity index (χ3n) is 4.31. The average Bonchev–Trinajstić information content (AvgIpc) is 2.36. The minimum absolute atomic E-state index is 0.159. The molecule has 0 aromatic heterocycles. The fraction of sp³-hybridized carbons (Fsp3) is 0.917. The van der Waals surface area contributed by atoms with E-state index in [0.29, 0.717) is 13.0 Å². The Balaban J connectivity index is 2.17. The lowest BCUT2D eigenvalue weighted by atomic mass is 9.54. The zero-order valence-corrected chi connectivity index (χ0v) is 11.3. The van der Waals surface area contributed by atoms with Crippen molar-refractivity contribution in [2.45, 2.75) is 64.0 Å². The molecule has 17 heavy (non-hydrogen) atoms. The minimum atomic E-state index is -0.345. The summed E-state index contributed by atoms with van der Waals surface area (Å²) in [5, 5.41) is -0.277. The highest BCUT2D eigenvalue weighted by atomic mass is 16.7. The highest BCUT2D eigenvalue weighted by Gasteiger charge is 2.58. The molecule has 2 rings (SSSR count). The van der Waals surface area contributed by atoms with Gasteiger partial charge in [-0.3, -0.25) is 4.79 Å². The van der Waals surface area contributed by atoms with Crippen molar-refractivity contribution in [2.24, 2.45) is 0 Å². The van der Waals surface area contributed by atoms with Crippen LogP contribution in [0.4, 0.5) is 0 Å². The van der Waals surface area contributed by atoms with Crippen LogP contribution >= 0.6 is 0 Å². The lowest BCUT2D eigenvalue weighted by molar-refractivity contribution is -0.148. The van der Waals surface area contributed by atoms with E-state index >= 15 is 0 Å². The van der Waals surface area contributed by atoms with Crippen LogP contribution < -0.4 is 0 Å². The number of ether oxygens (including phenoxy) is 1. The summed E-state index contributed by atoms with van der Waals surface area (Å²) >= 11 is 0. The standard InChI is InChI=1S/C12H21BO4/c1-10(2)11(3,4)17-13(16-10)12(5)6-7-15-9(14)8-12/h6-8H2,1-5H3/t12-/m0/s1. The van der Waals surface area contributed by atoms with E-state index < -0.39 is 0 Å². The maximum atomic E-state index is 11.4. The predicted octanol–water partition coefficient (Wildman–Crippen LogP) is 2.18. The molecule has 0 aliphatic carbocycles. The molecule has 5 heteroatoms. The zero-order chi connectivity index (χ0) is 12.9. The van der Waals surface area contributed by atoms with Crippen molar-refractivity contribution in [1.29, 1.82) is 0 Å². The Kier molecular flexibility index (Phi) is 2.82. The van der Waals surface area contributed by atoms with E-state index in [1.54, 1.807) is 0 Å².